The van der Waals surface area contributed by atoms with Crippen LogP contribution < -0.4 is 0 Å². The highest BCUT2D eigenvalue weighted by atomic mass is 31.2. The molecule has 0 fully saturated rings. The average molecular weight is 961 g/mol. The number of carbonyl (C=O) groups excluding carboxylic acids is 3. The number of phosphoric acid groups is 1. The van der Waals surface area contributed by atoms with Crippen molar-refractivity contribution in [2.24, 2.45) is 0 Å². The highest BCUT2D eigenvalue weighted by Gasteiger charge is 2.28. The Labute approximate surface area is 405 Å². The normalized spacial score (nSPS) is 13.3. The molecule has 12 heteroatoms. The van der Waals surface area contributed by atoms with Crippen LogP contribution in [0.25, 0.3) is 0 Å². The summed E-state index contributed by atoms with van der Waals surface area (Å²) >= 11 is 0. The molecule has 66 heavy (non-hydrogen) atoms. The van der Waals surface area contributed by atoms with Crippen LogP contribution in [0.2, 0.25) is 0 Å². The highest BCUT2D eigenvalue weighted by Crippen LogP contribution is 2.43. The molecular weight excluding hydrogens is 856 g/mol. The van der Waals surface area contributed by atoms with E-state index in [0.717, 1.165) is 57.8 Å². The molecule has 0 saturated carbocycles. The number of ether oxygens (including phenoxy) is 3. The second-order valence-electron chi connectivity index (χ2n) is 19.1. The van der Waals surface area contributed by atoms with Crippen LogP contribution in [0.1, 0.15) is 290 Å². The van der Waals surface area contributed by atoms with Gasteiger partial charge < -0.3 is 24.2 Å². The summed E-state index contributed by atoms with van der Waals surface area (Å²) in [7, 11) is -4.73. The molecular formula is C54H105O11P. The molecule has 11 nitrogen and oxygen atoms in total. The van der Waals surface area contributed by atoms with Crippen molar-refractivity contribution in [2.75, 3.05) is 26.4 Å². The summed E-state index contributed by atoms with van der Waals surface area (Å²) < 4.78 is 39.4. The van der Waals surface area contributed by atoms with Crippen molar-refractivity contribution < 1.29 is 52.2 Å². The molecule has 392 valence electrons. The lowest BCUT2D eigenvalue weighted by atomic mass is 10.0. The van der Waals surface area contributed by atoms with Crippen LogP contribution in [0.4, 0.5) is 0 Å². The Morgan fingerprint density at radius 3 is 0.894 bits per heavy atom. The SMILES string of the molecule is CCCCCCCCCCCCCCCCCC(=O)OCC(COP(=O)(O)OCC(CO)OC(=O)CCCCCCCCCCCCC)OC(=O)CCCCCCCCCCCCCCC. The number of hydrogen-bond donors (Lipinski definition) is 2. The lowest BCUT2D eigenvalue weighted by molar-refractivity contribution is -0.161. The maximum absolute atomic E-state index is 12.9. The molecule has 2 N–H and O–H groups in total. The maximum atomic E-state index is 12.9. The minimum Gasteiger partial charge on any atom is -0.462 e. The van der Waals surface area contributed by atoms with Gasteiger partial charge in [0.2, 0.25) is 0 Å². The van der Waals surface area contributed by atoms with Crippen LogP contribution in [0.15, 0.2) is 0 Å². The van der Waals surface area contributed by atoms with Crippen molar-refractivity contribution in [3.63, 3.8) is 0 Å². The third kappa shape index (κ3) is 47.5. The van der Waals surface area contributed by atoms with Crippen molar-refractivity contribution >= 4 is 25.7 Å². The van der Waals surface area contributed by atoms with E-state index in [2.05, 4.69) is 20.8 Å². The number of aliphatic hydroxyl groups excluding tert-OH is 1. The van der Waals surface area contributed by atoms with Crippen LogP contribution in [0.5, 0.6) is 0 Å². The first-order chi connectivity index (χ1) is 32.2. The Morgan fingerprint density at radius 2 is 0.606 bits per heavy atom. The first-order valence-corrected chi connectivity index (χ1v) is 29.4. The van der Waals surface area contributed by atoms with Gasteiger partial charge >= 0.3 is 25.7 Å². The van der Waals surface area contributed by atoms with Gasteiger partial charge in [-0.1, -0.05) is 252 Å². The lowest BCUT2D eigenvalue weighted by Gasteiger charge is -2.21. The zero-order valence-corrected chi connectivity index (χ0v) is 44.1. The summed E-state index contributed by atoms with van der Waals surface area (Å²) in [6, 6.07) is 0. The van der Waals surface area contributed by atoms with Crippen LogP contribution in [-0.2, 0) is 42.2 Å². The van der Waals surface area contributed by atoms with E-state index < -0.39 is 57.8 Å². The van der Waals surface area contributed by atoms with E-state index in [0.29, 0.717) is 19.3 Å². The molecule has 0 amide bonds. The summed E-state index contributed by atoms with van der Waals surface area (Å²) in [5.74, 6) is -1.43. The molecule has 3 atom stereocenters. The van der Waals surface area contributed by atoms with Gasteiger partial charge in [0, 0.05) is 19.3 Å². The molecule has 0 heterocycles. The fraction of sp³-hybridized carbons (Fsp3) is 0.944. The molecule has 0 aliphatic heterocycles. The molecule has 0 aromatic heterocycles. The van der Waals surface area contributed by atoms with E-state index in [4.69, 9.17) is 23.3 Å². The van der Waals surface area contributed by atoms with E-state index in [1.165, 1.54) is 173 Å². The fourth-order valence-corrected chi connectivity index (χ4v) is 9.02. The quantitative estimate of drug-likeness (QED) is 0.0259. The maximum Gasteiger partial charge on any atom is 0.472 e. The van der Waals surface area contributed by atoms with Crippen molar-refractivity contribution in [3.05, 3.63) is 0 Å². The van der Waals surface area contributed by atoms with Gasteiger partial charge in [-0.2, -0.15) is 0 Å². The van der Waals surface area contributed by atoms with Gasteiger partial charge in [0.05, 0.1) is 19.8 Å². The minimum absolute atomic E-state index is 0.178. The van der Waals surface area contributed by atoms with E-state index in [9.17, 15) is 28.9 Å². The van der Waals surface area contributed by atoms with Crippen LogP contribution in [-0.4, -0.2) is 66.5 Å². The predicted octanol–water partition coefficient (Wildman–Crippen LogP) is 15.9. The summed E-state index contributed by atoms with van der Waals surface area (Å²) in [4.78, 5) is 48.4. The second kappa shape index (κ2) is 49.9. The average Bonchev–Trinajstić information content (AvgIpc) is 3.30. The van der Waals surface area contributed by atoms with E-state index >= 15 is 0 Å². The zero-order chi connectivity index (χ0) is 48.4. The highest BCUT2D eigenvalue weighted by molar-refractivity contribution is 7.47. The van der Waals surface area contributed by atoms with Gasteiger partial charge in [-0.15, -0.1) is 0 Å². The number of phosphoric ester groups is 1. The molecule has 0 bridgehead atoms. The zero-order valence-electron chi connectivity index (χ0n) is 43.2. The monoisotopic (exact) mass is 961 g/mol. The Balaban J connectivity index is 4.67. The van der Waals surface area contributed by atoms with Gasteiger partial charge in [-0.05, 0) is 19.3 Å². The molecule has 0 aliphatic rings. The van der Waals surface area contributed by atoms with Crippen LogP contribution >= 0.6 is 7.82 Å². The van der Waals surface area contributed by atoms with E-state index in [-0.39, 0.29) is 25.9 Å². The van der Waals surface area contributed by atoms with Crippen molar-refractivity contribution in [3.8, 4) is 0 Å². The van der Waals surface area contributed by atoms with Gasteiger partial charge in [-0.3, -0.25) is 23.4 Å². The number of unbranched alkanes of at least 4 members (excludes halogenated alkanes) is 36. The van der Waals surface area contributed by atoms with Gasteiger partial charge in [-0.25, -0.2) is 4.57 Å². The fourth-order valence-electron chi connectivity index (χ4n) is 8.24. The number of aliphatic hydroxyl groups is 1. The number of carbonyl (C=O) groups is 3. The number of rotatable bonds is 53. The van der Waals surface area contributed by atoms with Gasteiger partial charge in [0.1, 0.15) is 12.7 Å². The predicted molar refractivity (Wildman–Crippen MR) is 270 cm³/mol. The van der Waals surface area contributed by atoms with Gasteiger partial charge in [0.25, 0.3) is 0 Å². The molecule has 0 radical (unpaired) electrons. The Hall–Kier alpha value is -1.52. The second-order valence-corrected chi connectivity index (χ2v) is 20.6. The molecule has 0 spiro atoms. The third-order valence-electron chi connectivity index (χ3n) is 12.5. The van der Waals surface area contributed by atoms with E-state index in [1.807, 2.05) is 0 Å². The Morgan fingerprint density at radius 1 is 0.364 bits per heavy atom. The summed E-state index contributed by atoms with van der Waals surface area (Å²) in [5.41, 5.74) is 0. The lowest BCUT2D eigenvalue weighted by Crippen LogP contribution is -2.30. The standard InChI is InChI=1S/C54H105O11P/c1-4-7-10-13-16-19-22-24-25-27-29-31-34-37-40-43-52(56)61-47-51(65-54(58)45-42-39-36-33-30-26-23-20-17-14-11-8-5-2)49-63-66(59,60)62-48-50(46-55)64-53(57)44-41-38-35-32-28-21-18-15-12-9-6-3/h50-51,55H,4-49H2,1-3H3,(H,59,60). The molecule has 0 saturated heterocycles. The van der Waals surface area contributed by atoms with Crippen LogP contribution in [0, 0.1) is 0 Å². The molecule has 0 rings (SSSR count). The number of hydrogen-bond acceptors (Lipinski definition) is 10. The molecule has 0 aliphatic carbocycles. The van der Waals surface area contributed by atoms with Crippen LogP contribution in [0.3, 0.4) is 0 Å². The third-order valence-corrected chi connectivity index (χ3v) is 13.5. The molecule has 3 unspecified atom stereocenters. The van der Waals surface area contributed by atoms with Crippen molar-refractivity contribution in [1.29, 1.82) is 0 Å². The summed E-state index contributed by atoms with van der Waals surface area (Å²) in [6.07, 6.45) is 44.9. The van der Waals surface area contributed by atoms with Gasteiger partial charge in [0.15, 0.2) is 6.10 Å². The first kappa shape index (κ1) is 64.5. The van der Waals surface area contributed by atoms with Crippen molar-refractivity contribution in [1.82, 2.24) is 0 Å². The Kier molecular flexibility index (Phi) is 48.7. The molecule has 0 aromatic carbocycles. The minimum atomic E-state index is -4.73. The number of esters is 3. The van der Waals surface area contributed by atoms with Crippen molar-refractivity contribution in [2.45, 2.75) is 303 Å². The van der Waals surface area contributed by atoms with E-state index in [1.54, 1.807) is 0 Å². The summed E-state index contributed by atoms with van der Waals surface area (Å²) in [5, 5.41) is 9.77. The molecule has 0 aromatic rings. The topological polar surface area (TPSA) is 155 Å². The summed E-state index contributed by atoms with van der Waals surface area (Å²) in [6.45, 7) is 4.69. The Bertz CT molecular complexity index is 1120. The smallest absolute Gasteiger partial charge is 0.462 e. The first-order valence-electron chi connectivity index (χ1n) is 27.9. The largest absolute Gasteiger partial charge is 0.472 e.